The van der Waals surface area contributed by atoms with Gasteiger partial charge in [0, 0.05) is 23.2 Å². The number of rotatable bonds is 3. The molecule has 1 aromatic carbocycles. The number of likely N-dealkylation sites (tertiary alicyclic amines) is 1. The van der Waals surface area contributed by atoms with Gasteiger partial charge in [0.15, 0.2) is 0 Å². The van der Waals surface area contributed by atoms with Gasteiger partial charge in [0.25, 0.3) is 0 Å². The fourth-order valence-corrected chi connectivity index (χ4v) is 2.71. The van der Waals surface area contributed by atoms with Gasteiger partial charge in [-0.1, -0.05) is 11.6 Å². The predicted molar refractivity (Wildman–Crippen MR) is 82.7 cm³/mol. The Balaban J connectivity index is 1.97. The van der Waals surface area contributed by atoms with Gasteiger partial charge >= 0.3 is 0 Å². The zero-order valence-corrected chi connectivity index (χ0v) is 13.3. The molecule has 0 spiro atoms. The SMILES string of the molecule is CC(Nc1ccc(Br)c(Cl)c1)C(=O)N1CCCCC1. The van der Waals surface area contributed by atoms with Crippen LogP contribution in [0.25, 0.3) is 0 Å². The highest BCUT2D eigenvalue weighted by atomic mass is 79.9. The summed E-state index contributed by atoms with van der Waals surface area (Å²) >= 11 is 9.40. The first kappa shape index (κ1) is 14.7. The molecule has 1 N–H and O–H groups in total. The summed E-state index contributed by atoms with van der Waals surface area (Å²) in [6.45, 7) is 3.66. The Labute approximate surface area is 127 Å². The van der Waals surface area contributed by atoms with E-state index in [4.69, 9.17) is 11.6 Å². The summed E-state index contributed by atoms with van der Waals surface area (Å²) in [7, 11) is 0. The Morgan fingerprint density at radius 3 is 2.68 bits per heavy atom. The van der Waals surface area contributed by atoms with E-state index in [0.717, 1.165) is 36.1 Å². The Morgan fingerprint density at radius 1 is 1.37 bits per heavy atom. The number of carbonyl (C=O) groups is 1. The van der Waals surface area contributed by atoms with Crippen molar-refractivity contribution >= 4 is 39.1 Å². The Bertz CT molecular complexity index is 461. The van der Waals surface area contributed by atoms with Crippen LogP contribution in [0.4, 0.5) is 5.69 Å². The van der Waals surface area contributed by atoms with Gasteiger partial charge in [0.1, 0.15) is 6.04 Å². The zero-order chi connectivity index (χ0) is 13.8. The average molecular weight is 346 g/mol. The summed E-state index contributed by atoms with van der Waals surface area (Å²) in [6, 6.07) is 5.39. The van der Waals surface area contributed by atoms with E-state index >= 15 is 0 Å². The van der Waals surface area contributed by atoms with Crippen molar-refractivity contribution in [3.05, 3.63) is 27.7 Å². The molecule has 104 valence electrons. The minimum absolute atomic E-state index is 0.166. The molecule has 1 aliphatic rings. The first-order valence-electron chi connectivity index (χ1n) is 6.58. The van der Waals surface area contributed by atoms with E-state index in [-0.39, 0.29) is 11.9 Å². The molecule has 19 heavy (non-hydrogen) atoms. The highest BCUT2D eigenvalue weighted by Crippen LogP contribution is 2.26. The molecule has 5 heteroatoms. The Hall–Kier alpha value is -0.740. The molecule has 1 atom stereocenters. The van der Waals surface area contributed by atoms with E-state index in [1.54, 1.807) is 0 Å². The molecule has 0 radical (unpaired) electrons. The van der Waals surface area contributed by atoms with E-state index in [2.05, 4.69) is 21.2 Å². The topological polar surface area (TPSA) is 32.3 Å². The van der Waals surface area contributed by atoms with Crippen molar-refractivity contribution in [1.29, 1.82) is 0 Å². The van der Waals surface area contributed by atoms with Crippen LogP contribution in [0.2, 0.25) is 5.02 Å². The maximum absolute atomic E-state index is 12.3. The number of nitrogens with one attached hydrogen (secondary N) is 1. The summed E-state index contributed by atoms with van der Waals surface area (Å²) in [5, 5.41) is 3.85. The van der Waals surface area contributed by atoms with Gasteiger partial charge in [0.05, 0.1) is 5.02 Å². The molecule has 0 aromatic heterocycles. The average Bonchev–Trinajstić information content (AvgIpc) is 2.43. The fourth-order valence-electron chi connectivity index (χ4n) is 2.29. The second kappa shape index (κ2) is 6.62. The molecular weight excluding hydrogens is 328 g/mol. The van der Waals surface area contributed by atoms with E-state index in [0.29, 0.717) is 5.02 Å². The third kappa shape index (κ3) is 3.86. The Kier molecular flexibility index (Phi) is 5.11. The first-order valence-corrected chi connectivity index (χ1v) is 7.75. The van der Waals surface area contributed by atoms with E-state index in [1.165, 1.54) is 6.42 Å². The lowest BCUT2D eigenvalue weighted by atomic mass is 10.1. The second-order valence-electron chi connectivity index (χ2n) is 4.88. The molecule has 1 unspecified atom stereocenters. The van der Waals surface area contributed by atoms with Crippen molar-refractivity contribution in [2.45, 2.75) is 32.2 Å². The smallest absolute Gasteiger partial charge is 0.244 e. The van der Waals surface area contributed by atoms with E-state index < -0.39 is 0 Å². The van der Waals surface area contributed by atoms with Crippen LogP contribution in [0.3, 0.4) is 0 Å². The lowest BCUT2D eigenvalue weighted by molar-refractivity contribution is -0.132. The van der Waals surface area contributed by atoms with Gasteiger partial charge in [-0.3, -0.25) is 4.79 Å². The first-order chi connectivity index (χ1) is 9.08. The number of piperidine rings is 1. The third-order valence-corrected chi connectivity index (χ3v) is 4.57. The van der Waals surface area contributed by atoms with Crippen molar-refractivity contribution in [3.8, 4) is 0 Å². The van der Waals surface area contributed by atoms with Gasteiger partial charge in [-0.05, 0) is 60.3 Å². The standard InChI is InChI=1S/C14H18BrClN2O/c1-10(14(19)18-7-3-2-4-8-18)17-11-5-6-12(15)13(16)9-11/h5-6,9-10,17H,2-4,7-8H2,1H3. The number of hydrogen-bond acceptors (Lipinski definition) is 2. The molecule has 0 saturated carbocycles. The molecule has 2 rings (SSSR count). The minimum Gasteiger partial charge on any atom is -0.374 e. The quantitative estimate of drug-likeness (QED) is 0.900. The number of anilines is 1. The maximum Gasteiger partial charge on any atom is 0.244 e. The highest BCUT2D eigenvalue weighted by molar-refractivity contribution is 9.10. The van der Waals surface area contributed by atoms with Gasteiger partial charge in [-0.15, -0.1) is 0 Å². The third-order valence-electron chi connectivity index (χ3n) is 3.34. The van der Waals surface area contributed by atoms with Gasteiger partial charge in [0.2, 0.25) is 5.91 Å². The predicted octanol–water partition coefficient (Wildman–Crippen LogP) is 3.92. The number of carbonyl (C=O) groups excluding carboxylic acids is 1. The van der Waals surface area contributed by atoms with Crippen LogP contribution in [0, 0.1) is 0 Å². The molecule has 1 aliphatic heterocycles. The maximum atomic E-state index is 12.3. The molecule has 0 bridgehead atoms. The zero-order valence-electron chi connectivity index (χ0n) is 11.0. The van der Waals surface area contributed by atoms with Crippen LogP contribution in [0.1, 0.15) is 26.2 Å². The van der Waals surface area contributed by atoms with Crippen LogP contribution in [0.5, 0.6) is 0 Å². The monoisotopic (exact) mass is 344 g/mol. The van der Waals surface area contributed by atoms with Crippen LogP contribution < -0.4 is 5.32 Å². The van der Waals surface area contributed by atoms with Crippen molar-refractivity contribution in [1.82, 2.24) is 4.90 Å². The van der Waals surface area contributed by atoms with Crippen LogP contribution >= 0.6 is 27.5 Å². The molecule has 1 fully saturated rings. The summed E-state index contributed by atoms with van der Waals surface area (Å²) in [4.78, 5) is 14.2. The fraction of sp³-hybridized carbons (Fsp3) is 0.500. The summed E-state index contributed by atoms with van der Waals surface area (Å²) in [6.07, 6.45) is 3.46. The molecular formula is C14H18BrClN2O. The number of halogens is 2. The number of benzene rings is 1. The molecule has 1 heterocycles. The number of amides is 1. The lowest BCUT2D eigenvalue weighted by Crippen LogP contribution is -2.43. The summed E-state index contributed by atoms with van der Waals surface area (Å²) < 4.78 is 0.856. The number of nitrogens with zero attached hydrogens (tertiary/aromatic N) is 1. The highest BCUT2D eigenvalue weighted by Gasteiger charge is 2.21. The molecule has 1 amide bonds. The van der Waals surface area contributed by atoms with Crippen molar-refractivity contribution in [2.75, 3.05) is 18.4 Å². The summed E-state index contributed by atoms with van der Waals surface area (Å²) in [5.74, 6) is 0.166. The largest absolute Gasteiger partial charge is 0.374 e. The van der Waals surface area contributed by atoms with Crippen LogP contribution in [-0.2, 0) is 4.79 Å². The lowest BCUT2D eigenvalue weighted by Gasteiger charge is -2.29. The van der Waals surface area contributed by atoms with Crippen molar-refractivity contribution in [3.63, 3.8) is 0 Å². The minimum atomic E-state index is -0.227. The van der Waals surface area contributed by atoms with E-state index in [9.17, 15) is 4.79 Å². The Morgan fingerprint density at radius 2 is 2.05 bits per heavy atom. The second-order valence-corrected chi connectivity index (χ2v) is 6.14. The molecule has 1 saturated heterocycles. The van der Waals surface area contributed by atoms with Crippen molar-refractivity contribution < 1.29 is 4.79 Å². The van der Waals surface area contributed by atoms with E-state index in [1.807, 2.05) is 30.0 Å². The van der Waals surface area contributed by atoms with Crippen molar-refractivity contribution in [2.24, 2.45) is 0 Å². The van der Waals surface area contributed by atoms with Crippen LogP contribution in [-0.4, -0.2) is 29.9 Å². The molecule has 0 aliphatic carbocycles. The normalized spacial score (nSPS) is 17.1. The number of hydrogen-bond donors (Lipinski definition) is 1. The molecule has 1 aromatic rings. The van der Waals surface area contributed by atoms with Gasteiger partial charge < -0.3 is 10.2 Å². The van der Waals surface area contributed by atoms with Gasteiger partial charge in [-0.25, -0.2) is 0 Å². The van der Waals surface area contributed by atoms with Crippen LogP contribution in [0.15, 0.2) is 22.7 Å². The summed E-state index contributed by atoms with van der Waals surface area (Å²) in [5.41, 5.74) is 0.867. The molecule has 3 nitrogen and oxygen atoms in total. The van der Waals surface area contributed by atoms with Gasteiger partial charge in [-0.2, -0.15) is 0 Å².